The number of pyridine rings is 1. The molecule has 35 heavy (non-hydrogen) atoms. The molecule has 4 aromatic rings. The van der Waals surface area contributed by atoms with E-state index in [9.17, 15) is 9.59 Å². The van der Waals surface area contributed by atoms with Gasteiger partial charge in [0.15, 0.2) is 0 Å². The van der Waals surface area contributed by atoms with Crippen LogP contribution in [-0.4, -0.2) is 28.5 Å². The number of hydrogen-bond acceptors (Lipinski definition) is 5. The molecule has 0 atom stereocenters. The van der Waals surface area contributed by atoms with Crippen LogP contribution >= 0.6 is 0 Å². The highest BCUT2D eigenvalue weighted by Gasteiger charge is 2.24. The lowest BCUT2D eigenvalue weighted by atomic mass is 9.97. The van der Waals surface area contributed by atoms with E-state index in [1.165, 1.54) is 0 Å². The number of nitrogens with one attached hydrogen (secondary N) is 2. The van der Waals surface area contributed by atoms with Gasteiger partial charge in [-0.2, -0.15) is 0 Å². The molecular formula is C28H26N4O3. The van der Waals surface area contributed by atoms with Crippen molar-refractivity contribution >= 4 is 11.8 Å². The van der Waals surface area contributed by atoms with Gasteiger partial charge in [0.2, 0.25) is 0 Å². The van der Waals surface area contributed by atoms with Crippen LogP contribution < -0.4 is 10.6 Å². The maximum absolute atomic E-state index is 13.2. The number of nitrogens with zero attached hydrogens (tertiary/aromatic N) is 2. The zero-order valence-corrected chi connectivity index (χ0v) is 19.5. The molecule has 1 saturated carbocycles. The fourth-order valence-corrected chi connectivity index (χ4v) is 4.08. The first kappa shape index (κ1) is 22.5. The fourth-order valence-electron chi connectivity index (χ4n) is 4.08. The largest absolute Gasteiger partial charge is 0.360 e. The van der Waals surface area contributed by atoms with Crippen LogP contribution in [0.5, 0.6) is 0 Å². The van der Waals surface area contributed by atoms with Gasteiger partial charge in [0, 0.05) is 30.4 Å². The molecule has 7 nitrogen and oxygen atoms in total. The summed E-state index contributed by atoms with van der Waals surface area (Å²) in [6.07, 6.45) is 3.95. The van der Waals surface area contributed by atoms with E-state index in [-0.39, 0.29) is 18.4 Å². The first-order valence-corrected chi connectivity index (χ1v) is 11.7. The molecule has 0 bridgehead atoms. The Morgan fingerprint density at radius 1 is 0.914 bits per heavy atom. The van der Waals surface area contributed by atoms with E-state index in [2.05, 4.69) is 20.8 Å². The molecule has 5 rings (SSSR count). The number of amides is 2. The van der Waals surface area contributed by atoms with Crippen LogP contribution in [0.25, 0.3) is 22.4 Å². The quantitative estimate of drug-likeness (QED) is 0.389. The molecule has 7 heteroatoms. The van der Waals surface area contributed by atoms with Crippen molar-refractivity contribution in [2.45, 2.75) is 26.3 Å². The van der Waals surface area contributed by atoms with Crippen molar-refractivity contribution in [1.29, 1.82) is 0 Å². The average molecular weight is 467 g/mol. The van der Waals surface area contributed by atoms with Crippen LogP contribution in [-0.2, 0) is 6.54 Å². The van der Waals surface area contributed by atoms with E-state index in [0.717, 1.165) is 35.1 Å². The number of carbonyl (C=O) groups is 2. The second kappa shape index (κ2) is 9.93. The molecule has 0 radical (unpaired) electrons. The Kier molecular flexibility index (Phi) is 6.39. The third kappa shape index (κ3) is 4.99. The van der Waals surface area contributed by atoms with Crippen molar-refractivity contribution in [3.8, 4) is 22.4 Å². The average Bonchev–Trinajstić information content (AvgIpc) is 3.66. The monoisotopic (exact) mass is 466 g/mol. The standard InChI is InChI=1S/C28H26N4O3/c1-18-24(25(32-35-18)20-8-3-2-4-9-20)27(33)31-17-21-10-5-6-11-22(21)23-12-7-15-29-26(23)28(34)30-16-19-13-14-19/h2-12,15,19H,13-14,16-17H2,1H3,(H,30,34)(H,31,33). The lowest BCUT2D eigenvalue weighted by Crippen LogP contribution is -2.27. The normalized spacial score (nSPS) is 12.8. The van der Waals surface area contributed by atoms with Crippen molar-refractivity contribution < 1.29 is 14.1 Å². The molecule has 0 spiro atoms. The SMILES string of the molecule is Cc1onc(-c2ccccc2)c1C(=O)NCc1ccccc1-c1cccnc1C(=O)NCC1CC1. The van der Waals surface area contributed by atoms with Gasteiger partial charge >= 0.3 is 0 Å². The lowest BCUT2D eigenvalue weighted by molar-refractivity contribution is 0.0940. The third-order valence-electron chi connectivity index (χ3n) is 6.15. The predicted molar refractivity (Wildman–Crippen MR) is 133 cm³/mol. The molecule has 0 saturated heterocycles. The van der Waals surface area contributed by atoms with Crippen molar-refractivity contribution in [2.24, 2.45) is 5.92 Å². The maximum atomic E-state index is 13.2. The molecule has 0 unspecified atom stereocenters. The molecule has 1 fully saturated rings. The van der Waals surface area contributed by atoms with Crippen LogP contribution in [0.15, 0.2) is 77.4 Å². The summed E-state index contributed by atoms with van der Waals surface area (Å²) in [6.45, 7) is 2.67. The van der Waals surface area contributed by atoms with Gasteiger partial charge in [-0.15, -0.1) is 0 Å². The van der Waals surface area contributed by atoms with Gasteiger partial charge in [-0.05, 0) is 42.9 Å². The van der Waals surface area contributed by atoms with E-state index < -0.39 is 0 Å². The highest BCUT2D eigenvalue weighted by atomic mass is 16.5. The minimum Gasteiger partial charge on any atom is -0.360 e. The van der Waals surface area contributed by atoms with Gasteiger partial charge in [-0.25, -0.2) is 0 Å². The predicted octanol–water partition coefficient (Wildman–Crippen LogP) is 4.78. The first-order chi connectivity index (χ1) is 17.1. The van der Waals surface area contributed by atoms with Gasteiger partial charge < -0.3 is 15.2 Å². The Bertz CT molecular complexity index is 1360. The zero-order chi connectivity index (χ0) is 24.2. The van der Waals surface area contributed by atoms with Gasteiger partial charge in [-0.3, -0.25) is 14.6 Å². The summed E-state index contributed by atoms with van der Waals surface area (Å²) < 4.78 is 5.34. The Labute approximate surface area is 203 Å². The van der Waals surface area contributed by atoms with E-state index in [0.29, 0.717) is 35.2 Å². The molecule has 1 aliphatic rings. The molecule has 2 amide bonds. The maximum Gasteiger partial charge on any atom is 0.270 e. The topological polar surface area (TPSA) is 97.1 Å². The van der Waals surface area contributed by atoms with E-state index in [4.69, 9.17) is 4.52 Å². The molecule has 1 aliphatic carbocycles. The summed E-state index contributed by atoms with van der Waals surface area (Å²) in [5.41, 5.74) is 4.58. The molecular weight excluding hydrogens is 440 g/mol. The van der Waals surface area contributed by atoms with Crippen molar-refractivity contribution in [1.82, 2.24) is 20.8 Å². The molecule has 2 heterocycles. The molecule has 2 aromatic heterocycles. The summed E-state index contributed by atoms with van der Waals surface area (Å²) in [5.74, 6) is 0.580. The Balaban J connectivity index is 1.38. The Hall–Kier alpha value is -4.26. The first-order valence-electron chi connectivity index (χ1n) is 11.7. The van der Waals surface area contributed by atoms with Crippen molar-refractivity contribution in [3.05, 3.63) is 95.5 Å². The smallest absolute Gasteiger partial charge is 0.270 e. The number of aromatic nitrogens is 2. The summed E-state index contributed by atoms with van der Waals surface area (Å²) in [4.78, 5) is 30.4. The lowest BCUT2D eigenvalue weighted by Gasteiger charge is -2.14. The van der Waals surface area contributed by atoms with Gasteiger partial charge in [0.25, 0.3) is 11.8 Å². The second-order valence-corrected chi connectivity index (χ2v) is 8.72. The third-order valence-corrected chi connectivity index (χ3v) is 6.15. The fraction of sp³-hybridized carbons (Fsp3) is 0.214. The van der Waals surface area contributed by atoms with Crippen LogP contribution in [0.2, 0.25) is 0 Å². The van der Waals surface area contributed by atoms with Crippen molar-refractivity contribution in [2.75, 3.05) is 6.54 Å². The highest BCUT2D eigenvalue weighted by molar-refractivity contribution is 6.01. The Morgan fingerprint density at radius 2 is 1.66 bits per heavy atom. The van der Waals surface area contributed by atoms with Gasteiger partial charge in [0.1, 0.15) is 22.7 Å². The van der Waals surface area contributed by atoms with E-state index >= 15 is 0 Å². The van der Waals surface area contributed by atoms with Gasteiger partial charge in [-0.1, -0.05) is 65.8 Å². The van der Waals surface area contributed by atoms with E-state index in [1.807, 2.05) is 66.7 Å². The molecule has 2 aromatic carbocycles. The molecule has 2 N–H and O–H groups in total. The molecule has 0 aliphatic heterocycles. The Morgan fingerprint density at radius 3 is 2.46 bits per heavy atom. The van der Waals surface area contributed by atoms with Crippen LogP contribution in [0, 0.1) is 12.8 Å². The summed E-state index contributed by atoms with van der Waals surface area (Å²) in [5, 5.41) is 10.1. The second-order valence-electron chi connectivity index (χ2n) is 8.72. The minimum atomic E-state index is -0.272. The summed E-state index contributed by atoms with van der Waals surface area (Å²) in [6, 6.07) is 20.9. The van der Waals surface area contributed by atoms with Crippen LogP contribution in [0.4, 0.5) is 0 Å². The molecule has 176 valence electrons. The van der Waals surface area contributed by atoms with Gasteiger partial charge in [0.05, 0.1) is 0 Å². The number of hydrogen-bond donors (Lipinski definition) is 2. The zero-order valence-electron chi connectivity index (χ0n) is 19.5. The van der Waals surface area contributed by atoms with E-state index in [1.54, 1.807) is 13.1 Å². The minimum absolute atomic E-state index is 0.182. The number of benzene rings is 2. The van der Waals surface area contributed by atoms with Crippen molar-refractivity contribution in [3.63, 3.8) is 0 Å². The number of aryl methyl sites for hydroxylation is 1. The number of rotatable bonds is 8. The van der Waals surface area contributed by atoms with Crippen LogP contribution in [0.3, 0.4) is 0 Å². The summed E-state index contributed by atoms with van der Waals surface area (Å²) >= 11 is 0. The summed E-state index contributed by atoms with van der Waals surface area (Å²) in [7, 11) is 0. The van der Waals surface area contributed by atoms with Crippen LogP contribution in [0.1, 0.15) is 45.0 Å². The highest BCUT2D eigenvalue weighted by Crippen LogP contribution is 2.29. The number of carbonyl (C=O) groups excluding carboxylic acids is 2.